The number of nitrogens with two attached hydrogens (primary N) is 1. The van der Waals surface area contributed by atoms with Crippen LogP contribution in [0.1, 0.15) is 29.4 Å². The standard InChI is InChI=1S/C17H24N4O2S/c1-12(13-4-3-5-14(10-13)23-2)20-6-8-21(9-7-20)17-19-11-15(24-17)16(18)22/h4,10-12H,3,5-9H2,1-2H3,(H2,18,22). The third kappa shape index (κ3) is 3.62. The van der Waals surface area contributed by atoms with Crippen molar-refractivity contribution in [3.05, 3.63) is 34.6 Å². The highest BCUT2D eigenvalue weighted by atomic mass is 32.1. The zero-order valence-corrected chi connectivity index (χ0v) is 15.0. The first-order valence-corrected chi connectivity index (χ1v) is 9.09. The van der Waals surface area contributed by atoms with Crippen molar-refractivity contribution in [2.75, 3.05) is 38.2 Å². The van der Waals surface area contributed by atoms with E-state index in [1.54, 1.807) is 13.3 Å². The molecule has 1 aromatic heterocycles. The monoisotopic (exact) mass is 348 g/mol. The molecule has 1 atom stereocenters. The summed E-state index contributed by atoms with van der Waals surface area (Å²) in [6.45, 7) is 6.01. The second-order valence-corrected chi connectivity index (χ2v) is 7.14. The van der Waals surface area contributed by atoms with Crippen molar-refractivity contribution < 1.29 is 9.53 Å². The van der Waals surface area contributed by atoms with Gasteiger partial charge in [-0.1, -0.05) is 17.4 Å². The molecule has 2 N–H and O–H groups in total. The summed E-state index contributed by atoms with van der Waals surface area (Å²) in [6, 6.07) is 0.384. The molecule has 24 heavy (non-hydrogen) atoms. The molecule has 130 valence electrons. The number of ether oxygens (including phenoxy) is 1. The van der Waals surface area contributed by atoms with Crippen LogP contribution in [-0.2, 0) is 4.74 Å². The third-order valence-corrected chi connectivity index (χ3v) is 5.78. The molecule has 2 heterocycles. The van der Waals surface area contributed by atoms with Gasteiger partial charge in [-0.25, -0.2) is 4.98 Å². The minimum absolute atomic E-state index is 0.384. The molecule has 1 unspecified atom stereocenters. The van der Waals surface area contributed by atoms with Crippen molar-refractivity contribution in [3.8, 4) is 0 Å². The number of allylic oxidation sites excluding steroid dienone is 2. The minimum atomic E-state index is -0.407. The Hall–Kier alpha value is -1.86. The van der Waals surface area contributed by atoms with Gasteiger partial charge in [-0.2, -0.15) is 0 Å². The van der Waals surface area contributed by atoms with E-state index in [1.807, 2.05) is 0 Å². The Kier molecular flexibility index (Phi) is 5.20. The van der Waals surface area contributed by atoms with Crippen molar-refractivity contribution in [1.82, 2.24) is 9.88 Å². The molecule has 1 amide bonds. The average Bonchev–Trinajstić information content (AvgIpc) is 3.12. The van der Waals surface area contributed by atoms with Gasteiger partial charge in [-0.05, 0) is 25.0 Å². The van der Waals surface area contributed by atoms with Gasteiger partial charge in [0.1, 0.15) is 4.88 Å². The van der Waals surface area contributed by atoms with E-state index in [2.05, 4.69) is 33.9 Å². The van der Waals surface area contributed by atoms with Gasteiger partial charge >= 0.3 is 0 Å². The number of anilines is 1. The Bertz CT molecular complexity index is 659. The maximum absolute atomic E-state index is 11.2. The first kappa shape index (κ1) is 17.0. The summed E-state index contributed by atoms with van der Waals surface area (Å²) in [7, 11) is 1.74. The molecular weight excluding hydrogens is 324 g/mol. The Balaban J connectivity index is 1.59. The molecule has 1 aliphatic carbocycles. The zero-order valence-electron chi connectivity index (χ0n) is 14.2. The van der Waals surface area contributed by atoms with Crippen LogP contribution in [0.2, 0.25) is 0 Å². The van der Waals surface area contributed by atoms with Gasteiger partial charge in [0.2, 0.25) is 0 Å². The maximum Gasteiger partial charge on any atom is 0.260 e. The number of carbonyl (C=O) groups excluding carboxylic acids is 1. The summed E-state index contributed by atoms with van der Waals surface area (Å²) in [5.41, 5.74) is 6.65. The molecule has 3 rings (SSSR count). The van der Waals surface area contributed by atoms with E-state index in [0.29, 0.717) is 10.9 Å². The largest absolute Gasteiger partial charge is 0.501 e. The Morgan fingerprint density at radius 1 is 1.38 bits per heavy atom. The van der Waals surface area contributed by atoms with E-state index in [4.69, 9.17) is 10.5 Å². The predicted molar refractivity (Wildman–Crippen MR) is 96.3 cm³/mol. The molecule has 0 radical (unpaired) electrons. The van der Waals surface area contributed by atoms with Gasteiger partial charge in [-0.15, -0.1) is 0 Å². The maximum atomic E-state index is 11.2. The van der Waals surface area contributed by atoms with E-state index >= 15 is 0 Å². The summed E-state index contributed by atoms with van der Waals surface area (Å²) in [5.74, 6) is 0.663. The zero-order chi connectivity index (χ0) is 17.1. The van der Waals surface area contributed by atoms with Crippen LogP contribution in [0.3, 0.4) is 0 Å². The van der Waals surface area contributed by atoms with Gasteiger partial charge in [0, 0.05) is 38.6 Å². The molecule has 1 aromatic rings. The van der Waals surface area contributed by atoms with Crippen molar-refractivity contribution >= 4 is 22.4 Å². The molecule has 2 aliphatic rings. The van der Waals surface area contributed by atoms with Gasteiger partial charge < -0.3 is 15.4 Å². The van der Waals surface area contributed by atoms with Gasteiger partial charge in [0.05, 0.1) is 19.1 Å². The fraction of sp³-hybridized carbons (Fsp3) is 0.529. The van der Waals surface area contributed by atoms with Crippen molar-refractivity contribution in [1.29, 1.82) is 0 Å². The number of thiazole rings is 1. The number of rotatable bonds is 5. The van der Waals surface area contributed by atoms with Crippen molar-refractivity contribution in [2.45, 2.75) is 25.8 Å². The van der Waals surface area contributed by atoms with Crippen LogP contribution in [0, 0.1) is 0 Å². The number of primary amides is 1. The highest BCUT2D eigenvalue weighted by Crippen LogP contribution is 2.26. The highest BCUT2D eigenvalue weighted by molar-refractivity contribution is 7.17. The molecule has 0 spiro atoms. The Morgan fingerprint density at radius 3 is 2.75 bits per heavy atom. The molecular formula is C17H24N4O2S. The third-order valence-electron chi connectivity index (χ3n) is 4.71. The normalized spacial score (nSPS) is 20.3. The molecule has 0 saturated carbocycles. The molecule has 6 nitrogen and oxygen atoms in total. The quantitative estimate of drug-likeness (QED) is 0.881. The van der Waals surface area contributed by atoms with E-state index in [1.165, 1.54) is 16.9 Å². The lowest BCUT2D eigenvalue weighted by molar-refractivity contribution is 0.100. The van der Waals surface area contributed by atoms with Gasteiger partial charge in [0.25, 0.3) is 5.91 Å². The van der Waals surface area contributed by atoms with Crippen LogP contribution in [0.25, 0.3) is 0 Å². The number of hydrogen-bond acceptors (Lipinski definition) is 6. The summed E-state index contributed by atoms with van der Waals surface area (Å²) in [5, 5.41) is 0.884. The summed E-state index contributed by atoms with van der Waals surface area (Å²) in [4.78, 5) is 20.8. The lowest BCUT2D eigenvalue weighted by Gasteiger charge is -2.38. The molecule has 1 aliphatic heterocycles. The number of nitrogens with zero attached hydrogens (tertiary/aromatic N) is 3. The first-order valence-electron chi connectivity index (χ1n) is 8.27. The van der Waals surface area contributed by atoms with Gasteiger partial charge in [-0.3, -0.25) is 9.69 Å². The molecule has 1 saturated heterocycles. The van der Waals surface area contributed by atoms with E-state index in [0.717, 1.165) is 49.9 Å². The second kappa shape index (κ2) is 7.36. The van der Waals surface area contributed by atoms with Crippen LogP contribution in [-0.4, -0.2) is 55.1 Å². The molecule has 0 aromatic carbocycles. The van der Waals surface area contributed by atoms with Crippen molar-refractivity contribution in [3.63, 3.8) is 0 Å². The highest BCUT2D eigenvalue weighted by Gasteiger charge is 2.25. The molecule has 7 heteroatoms. The smallest absolute Gasteiger partial charge is 0.260 e. The second-order valence-electron chi connectivity index (χ2n) is 6.13. The number of amides is 1. The number of hydrogen-bond donors (Lipinski definition) is 1. The first-order chi connectivity index (χ1) is 11.6. The van der Waals surface area contributed by atoms with Crippen molar-refractivity contribution in [2.24, 2.45) is 5.73 Å². The molecule has 0 bridgehead atoms. The fourth-order valence-corrected chi connectivity index (χ4v) is 4.01. The average molecular weight is 348 g/mol. The predicted octanol–water partition coefficient (Wildman–Crippen LogP) is 2.00. The van der Waals surface area contributed by atoms with Crippen LogP contribution >= 0.6 is 11.3 Å². The van der Waals surface area contributed by atoms with Crippen LogP contribution in [0.15, 0.2) is 29.7 Å². The Morgan fingerprint density at radius 2 is 2.12 bits per heavy atom. The van der Waals surface area contributed by atoms with Crippen LogP contribution in [0.4, 0.5) is 5.13 Å². The van der Waals surface area contributed by atoms with E-state index < -0.39 is 5.91 Å². The number of aromatic nitrogens is 1. The SMILES string of the molecule is COC1=CC(C(C)N2CCN(c3ncc(C(N)=O)s3)CC2)=CCC1. The topological polar surface area (TPSA) is 71.7 Å². The van der Waals surface area contributed by atoms with Crippen LogP contribution in [0.5, 0.6) is 0 Å². The lowest BCUT2D eigenvalue weighted by Crippen LogP contribution is -2.50. The fourth-order valence-electron chi connectivity index (χ4n) is 3.19. The van der Waals surface area contributed by atoms with E-state index in [9.17, 15) is 4.79 Å². The summed E-state index contributed by atoms with van der Waals surface area (Å²) >= 11 is 1.37. The van der Waals surface area contributed by atoms with Crippen LogP contribution < -0.4 is 10.6 Å². The number of carbonyl (C=O) groups is 1. The lowest BCUT2D eigenvalue weighted by atomic mass is 9.98. The number of piperazine rings is 1. The molecule has 1 fully saturated rings. The summed E-state index contributed by atoms with van der Waals surface area (Å²) in [6.07, 6.45) is 8.11. The Labute approximate surface area is 146 Å². The van der Waals surface area contributed by atoms with E-state index in [-0.39, 0.29) is 0 Å². The minimum Gasteiger partial charge on any atom is -0.501 e. The van der Waals surface area contributed by atoms with Gasteiger partial charge in [0.15, 0.2) is 5.13 Å². The summed E-state index contributed by atoms with van der Waals surface area (Å²) < 4.78 is 5.40. The number of methoxy groups -OCH3 is 1.